The van der Waals surface area contributed by atoms with Crippen molar-refractivity contribution < 1.29 is 37.3 Å². The van der Waals surface area contributed by atoms with Gasteiger partial charge >= 0.3 is 5.97 Å². The Bertz CT molecular complexity index is 1130. The van der Waals surface area contributed by atoms with Gasteiger partial charge in [-0.2, -0.15) is 0 Å². The topological polar surface area (TPSA) is 94.1 Å². The van der Waals surface area contributed by atoms with Crippen LogP contribution in [0.3, 0.4) is 0 Å². The van der Waals surface area contributed by atoms with Crippen molar-refractivity contribution in [2.45, 2.75) is 200 Å². The quantitative estimate of drug-likeness (QED) is 0.0198. The minimum absolute atomic E-state index is 0.0186. The Hall–Kier alpha value is -1.80. The molecule has 0 amide bonds. The molecule has 344 valence electrons. The molecule has 0 heterocycles. The van der Waals surface area contributed by atoms with Crippen molar-refractivity contribution in [3.8, 4) is 0 Å². The zero-order valence-corrected chi connectivity index (χ0v) is 39.8. The summed E-state index contributed by atoms with van der Waals surface area (Å²) < 4.78 is 34.6. The fourth-order valence-corrected chi connectivity index (χ4v) is 7.02. The molecule has 0 radical (unpaired) electrons. The summed E-state index contributed by atoms with van der Waals surface area (Å²) in [7, 11) is 1.33. The van der Waals surface area contributed by atoms with E-state index in [4.69, 9.17) is 18.5 Å². The maximum Gasteiger partial charge on any atom is 0.306 e. The van der Waals surface area contributed by atoms with Crippen LogP contribution in [0.5, 0.6) is 0 Å². The van der Waals surface area contributed by atoms with E-state index in [0.29, 0.717) is 24.1 Å². The third-order valence-electron chi connectivity index (χ3n) is 10.0. The maximum absolute atomic E-state index is 12.7. The Morgan fingerprint density at radius 1 is 0.525 bits per heavy atom. The zero-order valence-electron chi connectivity index (χ0n) is 38.9. The Balaban J connectivity index is 4.22. The number of phosphoric acid groups is 1. The van der Waals surface area contributed by atoms with E-state index in [0.717, 1.165) is 83.5 Å². The highest BCUT2D eigenvalue weighted by Crippen LogP contribution is 2.38. The van der Waals surface area contributed by atoms with Gasteiger partial charge in [0.1, 0.15) is 19.3 Å². The van der Waals surface area contributed by atoms with E-state index in [-0.39, 0.29) is 25.8 Å². The molecule has 0 aliphatic rings. The van der Waals surface area contributed by atoms with Gasteiger partial charge in [-0.15, -0.1) is 0 Å². The summed E-state index contributed by atoms with van der Waals surface area (Å²) in [6, 6.07) is 0. The molecule has 0 aromatic heterocycles. The van der Waals surface area contributed by atoms with E-state index in [1.54, 1.807) is 0 Å². The standard InChI is InChI=1S/C50H92NO7P/c1-6-8-10-12-14-16-18-20-22-23-24-25-26-27-28-30-32-34-36-38-40-42-45-55-47-49(48-57-59(53,54)56-46-44-51(3,4)5)58-50(52)43-41-39-37-35-33-31-29-21-19-17-15-13-11-9-7-2/h15,17-18,20-21,23-24,26-27,29,49H,6-14,16,19,22,25,28,30-48H2,1-5H3/b17-15-,20-18-,24-23-,27-26-,29-21-. The van der Waals surface area contributed by atoms with E-state index >= 15 is 0 Å². The summed E-state index contributed by atoms with van der Waals surface area (Å²) in [6.45, 7) is 5.33. The van der Waals surface area contributed by atoms with Crippen LogP contribution in [0.25, 0.3) is 0 Å². The van der Waals surface area contributed by atoms with Crippen LogP contribution in [0.2, 0.25) is 0 Å². The SMILES string of the molecule is CCCCC/C=C\C/C=C\CCCCCCCC(=O)OC(COCCCCCCCCC/C=C\C/C=C\C/C=C\CCCCCCC)COP(=O)([O-])OCC[N+](C)(C)C. The minimum atomic E-state index is -4.54. The van der Waals surface area contributed by atoms with Crippen LogP contribution in [0, 0.1) is 0 Å². The number of likely N-dealkylation sites (N-methyl/N-ethyl adjacent to an activating group) is 1. The summed E-state index contributed by atoms with van der Waals surface area (Å²) in [6.07, 6.45) is 53.8. The first-order valence-electron chi connectivity index (χ1n) is 24.0. The van der Waals surface area contributed by atoms with E-state index in [1.165, 1.54) is 89.9 Å². The first-order chi connectivity index (χ1) is 28.6. The molecule has 0 bridgehead atoms. The Morgan fingerprint density at radius 3 is 1.42 bits per heavy atom. The molecule has 0 rings (SSSR count). The van der Waals surface area contributed by atoms with E-state index in [1.807, 2.05) is 21.1 Å². The van der Waals surface area contributed by atoms with Crippen molar-refractivity contribution in [1.82, 2.24) is 0 Å². The molecular formula is C50H92NO7P. The van der Waals surface area contributed by atoms with Crippen molar-refractivity contribution in [3.63, 3.8) is 0 Å². The number of esters is 1. The summed E-state index contributed by atoms with van der Waals surface area (Å²) in [5.74, 6) is -0.353. The van der Waals surface area contributed by atoms with Crippen LogP contribution in [0.15, 0.2) is 60.8 Å². The number of rotatable bonds is 44. The fourth-order valence-electron chi connectivity index (χ4n) is 6.29. The lowest BCUT2D eigenvalue weighted by Crippen LogP contribution is -2.37. The normalized spacial score (nSPS) is 14.2. The smallest absolute Gasteiger partial charge is 0.306 e. The number of hydrogen-bond acceptors (Lipinski definition) is 7. The highest BCUT2D eigenvalue weighted by atomic mass is 31.2. The van der Waals surface area contributed by atoms with Gasteiger partial charge in [-0.1, -0.05) is 164 Å². The Morgan fingerprint density at radius 2 is 0.932 bits per heavy atom. The second-order valence-corrected chi connectivity index (χ2v) is 18.5. The van der Waals surface area contributed by atoms with Gasteiger partial charge < -0.3 is 27.9 Å². The van der Waals surface area contributed by atoms with E-state index in [2.05, 4.69) is 74.6 Å². The van der Waals surface area contributed by atoms with Gasteiger partial charge in [0.2, 0.25) is 0 Å². The fraction of sp³-hybridized carbons (Fsp3) is 0.780. The number of hydrogen-bond donors (Lipinski definition) is 0. The molecule has 0 aliphatic carbocycles. The second kappa shape index (κ2) is 42.9. The van der Waals surface area contributed by atoms with Crippen LogP contribution in [-0.4, -0.2) is 70.7 Å². The summed E-state index contributed by atoms with van der Waals surface area (Å²) >= 11 is 0. The zero-order chi connectivity index (χ0) is 43.4. The molecule has 0 saturated heterocycles. The average Bonchev–Trinajstić information content (AvgIpc) is 3.19. The molecule has 2 atom stereocenters. The Labute approximate surface area is 364 Å². The number of quaternary nitrogens is 1. The number of ether oxygens (including phenoxy) is 2. The maximum atomic E-state index is 12.7. The molecular weight excluding hydrogens is 758 g/mol. The molecule has 0 aliphatic heterocycles. The molecule has 0 spiro atoms. The molecule has 0 saturated carbocycles. The molecule has 0 aromatic carbocycles. The van der Waals surface area contributed by atoms with Gasteiger partial charge in [-0.3, -0.25) is 9.36 Å². The second-order valence-electron chi connectivity index (χ2n) is 17.1. The predicted molar refractivity (Wildman–Crippen MR) is 249 cm³/mol. The monoisotopic (exact) mass is 850 g/mol. The molecule has 9 heteroatoms. The van der Waals surface area contributed by atoms with Gasteiger partial charge in [-0.05, 0) is 83.5 Å². The first kappa shape index (κ1) is 57.2. The predicted octanol–water partition coefficient (Wildman–Crippen LogP) is 13.9. The van der Waals surface area contributed by atoms with Crippen molar-refractivity contribution in [1.29, 1.82) is 0 Å². The number of unbranched alkanes of at least 4 members (excludes halogenated alkanes) is 20. The molecule has 0 aromatic rings. The third kappa shape index (κ3) is 47.1. The molecule has 0 fully saturated rings. The van der Waals surface area contributed by atoms with Gasteiger partial charge in [0, 0.05) is 13.0 Å². The first-order valence-corrected chi connectivity index (χ1v) is 25.5. The number of phosphoric ester groups is 1. The van der Waals surface area contributed by atoms with Crippen LogP contribution in [0.4, 0.5) is 0 Å². The van der Waals surface area contributed by atoms with E-state index in [9.17, 15) is 14.3 Å². The average molecular weight is 850 g/mol. The highest BCUT2D eigenvalue weighted by molar-refractivity contribution is 7.45. The number of carbonyl (C=O) groups is 1. The van der Waals surface area contributed by atoms with Crippen LogP contribution in [-0.2, 0) is 27.9 Å². The molecule has 2 unspecified atom stereocenters. The lowest BCUT2D eigenvalue weighted by Gasteiger charge is -2.28. The van der Waals surface area contributed by atoms with E-state index < -0.39 is 13.9 Å². The number of carbonyl (C=O) groups excluding carboxylic acids is 1. The summed E-state index contributed by atoms with van der Waals surface area (Å²) in [4.78, 5) is 25.1. The number of nitrogens with zero attached hydrogens (tertiary/aromatic N) is 1. The lowest BCUT2D eigenvalue weighted by atomic mass is 10.1. The number of allylic oxidation sites excluding steroid dienone is 10. The van der Waals surface area contributed by atoms with Crippen molar-refractivity contribution in [2.75, 3.05) is 54.1 Å². The van der Waals surface area contributed by atoms with Crippen molar-refractivity contribution in [2.24, 2.45) is 0 Å². The van der Waals surface area contributed by atoms with Gasteiger partial charge in [-0.25, -0.2) is 0 Å². The van der Waals surface area contributed by atoms with Gasteiger partial charge in [0.05, 0.1) is 34.4 Å². The summed E-state index contributed by atoms with van der Waals surface area (Å²) in [5.41, 5.74) is 0. The van der Waals surface area contributed by atoms with Crippen LogP contribution in [0.1, 0.15) is 194 Å². The van der Waals surface area contributed by atoms with Crippen molar-refractivity contribution in [3.05, 3.63) is 60.8 Å². The van der Waals surface area contributed by atoms with Gasteiger partial charge in [0.25, 0.3) is 7.82 Å². The largest absolute Gasteiger partial charge is 0.756 e. The molecule has 59 heavy (non-hydrogen) atoms. The molecule has 8 nitrogen and oxygen atoms in total. The van der Waals surface area contributed by atoms with Crippen LogP contribution < -0.4 is 4.89 Å². The van der Waals surface area contributed by atoms with Gasteiger partial charge in [0.15, 0.2) is 0 Å². The van der Waals surface area contributed by atoms with Crippen molar-refractivity contribution >= 4 is 13.8 Å². The lowest BCUT2D eigenvalue weighted by molar-refractivity contribution is -0.870. The summed E-state index contributed by atoms with van der Waals surface area (Å²) in [5, 5.41) is 0. The minimum Gasteiger partial charge on any atom is -0.756 e. The highest BCUT2D eigenvalue weighted by Gasteiger charge is 2.20. The molecule has 0 N–H and O–H groups in total. The van der Waals surface area contributed by atoms with Crippen LogP contribution >= 0.6 is 7.82 Å². The Kier molecular flexibility index (Phi) is 41.6. The third-order valence-corrected chi connectivity index (χ3v) is 11.0.